The number of hydrogen-bond donors (Lipinski definition) is 21. The van der Waals surface area contributed by atoms with Crippen LogP contribution in [0.1, 0.15) is 167 Å². The SMILES string of the molecule is CC[C@H](C)[C@H](NC(=O)[C@H](CC(=O)O)NC(=O)[C@H](CO)NC(=O)[C@H](CC(N)=O)NC(=O)[C@H](CC(=O)O)NC(=O)[C@H](CCC(N)=O)NC(=O)[C@@H](NC(=O)[C@@H](NC(=O)[C@@H](NC(=O)[C@H](C)NC(=O)CN)C(C)C)C(C)C)[C@@H](C)CC)C(=O)N[C@@H](CCCCN)C(=O)N[C@H](C(=O)N[C@H](C(=O)N1CCC[C@H]1C(=O)O)C(C)C)C(C)C. The van der Waals surface area contributed by atoms with Crippen LogP contribution in [0, 0.1) is 35.5 Å². The highest BCUT2D eigenvalue weighted by Gasteiger charge is 2.43. The van der Waals surface area contributed by atoms with Crippen LogP contribution in [0.4, 0.5) is 0 Å². The molecule has 0 spiro atoms. The number of rotatable bonds is 50. The third-order valence-electron chi connectivity index (χ3n) is 18.1. The van der Waals surface area contributed by atoms with E-state index in [1.165, 1.54) is 25.7 Å². The summed E-state index contributed by atoms with van der Waals surface area (Å²) in [5.74, 6) is -25.8. The van der Waals surface area contributed by atoms with Crippen molar-refractivity contribution in [2.75, 3.05) is 26.2 Å². The van der Waals surface area contributed by atoms with Crippen LogP contribution in [-0.4, -0.2) is 249 Å². The van der Waals surface area contributed by atoms with E-state index in [0.29, 0.717) is 12.8 Å². The van der Waals surface area contributed by atoms with E-state index in [4.69, 9.17) is 22.9 Å². The van der Waals surface area contributed by atoms with Gasteiger partial charge < -0.3 is 117 Å². The first-order valence-corrected chi connectivity index (χ1v) is 36.3. The second-order valence-corrected chi connectivity index (χ2v) is 28.4. The lowest BCUT2D eigenvalue weighted by atomic mass is 9.95. The molecule has 0 saturated carbocycles. The number of nitrogens with zero attached hydrogens (tertiary/aromatic N) is 1. The minimum absolute atomic E-state index is 0.0793. The van der Waals surface area contributed by atoms with Crippen molar-refractivity contribution in [1.82, 2.24) is 74.0 Å². The smallest absolute Gasteiger partial charge is 0.326 e. The van der Waals surface area contributed by atoms with Crippen molar-refractivity contribution in [2.24, 2.45) is 58.4 Å². The minimum Gasteiger partial charge on any atom is -0.481 e. The van der Waals surface area contributed by atoms with E-state index in [9.17, 15) is 112 Å². The molecule has 1 aliphatic heterocycles. The number of amides is 16. The minimum atomic E-state index is -2.22. The first-order chi connectivity index (χ1) is 50.8. The first-order valence-electron chi connectivity index (χ1n) is 36.3. The standard InChI is InChI=1S/C68H116N18O23/c1-14-34(11)53(65(105)74-37(19-16-17-23-69)57(97)81-50(31(5)6)63(103)83-52(33(9)10)67(107)86-24-18-20-43(86)68(108)109)84-60(100)41(27-48(93)94)78-61(101)42(29-87)79-58(98)39(25-45(72)89)76-59(99)40(26-47(91)92)77-56(96)38(21-22-44(71)88)75-66(106)54(35(12)15-2)85-64(104)51(32(7)8)82-62(102)49(30(3)4)80-55(95)36(13)73-46(90)28-70/h30-43,49-54,87H,14-29,69-70H2,1-13H3,(H2,71,88)(H2,72,89)(H,73,90)(H,74,105)(H,75,106)(H,76,99)(H,77,96)(H,78,101)(H,79,98)(H,80,95)(H,81,97)(H,82,102)(H,83,103)(H,84,100)(H,85,104)(H,91,92)(H,93,94)(H,108,109)/t34-,35-,36-,37-,38-,39-,40-,41-,42-,43-,49-,50-,51-,52-,53-,54-/m0/s1. The zero-order valence-electron chi connectivity index (χ0n) is 64.2. The zero-order valence-corrected chi connectivity index (χ0v) is 64.2. The van der Waals surface area contributed by atoms with Crippen LogP contribution in [0.2, 0.25) is 0 Å². The van der Waals surface area contributed by atoms with E-state index in [2.05, 4.69) is 58.5 Å². The van der Waals surface area contributed by atoms with Gasteiger partial charge in [0.05, 0.1) is 32.4 Å². The number of unbranched alkanes of at least 4 members (excludes halogenated alkanes) is 1. The van der Waals surface area contributed by atoms with E-state index in [-0.39, 0.29) is 45.2 Å². The van der Waals surface area contributed by atoms with E-state index in [1.54, 1.807) is 69.2 Å². The molecular weight excluding hydrogens is 1440 g/mol. The molecule has 0 unspecified atom stereocenters. The van der Waals surface area contributed by atoms with Gasteiger partial charge in [0.15, 0.2) is 0 Å². The number of aliphatic hydroxyl groups is 1. The lowest BCUT2D eigenvalue weighted by Crippen LogP contribution is -2.62. The third kappa shape index (κ3) is 32.7. The highest BCUT2D eigenvalue weighted by atomic mass is 16.4. The summed E-state index contributed by atoms with van der Waals surface area (Å²) in [6, 6.07) is -22.5. The van der Waals surface area contributed by atoms with Crippen LogP contribution in [0.3, 0.4) is 0 Å². The number of carbonyl (C=O) groups is 19. The van der Waals surface area contributed by atoms with Crippen LogP contribution in [0.25, 0.3) is 0 Å². The molecule has 1 fully saturated rings. The maximum Gasteiger partial charge on any atom is 0.326 e. The second-order valence-electron chi connectivity index (χ2n) is 28.4. The van der Waals surface area contributed by atoms with Gasteiger partial charge in [-0.1, -0.05) is 95.9 Å². The Morgan fingerprint density at radius 1 is 0.394 bits per heavy atom. The molecule has 1 saturated heterocycles. The Morgan fingerprint density at radius 3 is 1.12 bits per heavy atom. The monoisotopic (exact) mass is 1550 g/mol. The average Bonchev–Trinajstić information content (AvgIpc) is 1.78. The topological polar surface area (TPSA) is 669 Å². The largest absolute Gasteiger partial charge is 0.481 e. The summed E-state index contributed by atoms with van der Waals surface area (Å²) in [5.41, 5.74) is 21.9. The van der Waals surface area contributed by atoms with Crippen LogP contribution >= 0.6 is 0 Å². The molecule has 1 heterocycles. The summed E-state index contributed by atoms with van der Waals surface area (Å²) in [7, 11) is 0. The normalized spacial score (nSPS) is 16.8. The molecule has 16 atom stereocenters. The second kappa shape index (κ2) is 47.6. The predicted molar refractivity (Wildman–Crippen MR) is 387 cm³/mol. The summed E-state index contributed by atoms with van der Waals surface area (Å²) in [5, 5.41) is 70.9. The number of nitrogens with two attached hydrogens (primary N) is 4. The van der Waals surface area contributed by atoms with Crippen molar-refractivity contribution in [3.05, 3.63) is 0 Å². The molecular formula is C68H116N18O23. The Balaban J connectivity index is 3.58. The van der Waals surface area contributed by atoms with Crippen LogP contribution in [0.5, 0.6) is 0 Å². The molecule has 0 aromatic heterocycles. The van der Waals surface area contributed by atoms with Crippen LogP contribution < -0.4 is 92.1 Å². The Kier molecular flexibility index (Phi) is 42.3. The van der Waals surface area contributed by atoms with Gasteiger partial charge >= 0.3 is 17.9 Å². The van der Waals surface area contributed by atoms with Gasteiger partial charge in [-0.05, 0) is 87.5 Å². The van der Waals surface area contributed by atoms with E-state index >= 15 is 0 Å². The number of aliphatic carboxylic acids is 3. The number of carboxylic acid groups (broad SMARTS) is 3. The molecule has 41 heteroatoms. The Morgan fingerprint density at radius 2 is 0.734 bits per heavy atom. The van der Waals surface area contributed by atoms with Crippen molar-refractivity contribution in [3.63, 3.8) is 0 Å². The number of carbonyl (C=O) groups excluding carboxylic acids is 16. The number of hydrogen-bond acceptors (Lipinski definition) is 22. The highest BCUT2D eigenvalue weighted by molar-refractivity contribution is 6.02. The summed E-state index contributed by atoms with van der Waals surface area (Å²) in [6.45, 7) is 19.0. The molecule has 0 radical (unpaired) electrons. The van der Waals surface area contributed by atoms with Crippen molar-refractivity contribution in [2.45, 2.75) is 252 Å². The maximum absolute atomic E-state index is 14.4. The maximum atomic E-state index is 14.4. The van der Waals surface area contributed by atoms with Crippen molar-refractivity contribution >= 4 is 112 Å². The predicted octanol–water partition coefficient (Wildman–Crippen LogP) is -6.73. The molecule has 0 aromatic rings. The van der Waals surface area contributed by atoms with Gasteiger partial charge in [-0.2, -0.15) is 0 Å². The number of carboxylic acids is 3. The van der Waals surface area contributed by atoms with Gasteiger partial charge in [0.2, 0.25) is 94.5 Å². The highest BCUT2D eigenvalue weighted by Crippen LogP contribution is 2.22. The number of likely N-dealkylation sites (tertiary alicyclic amines) is 1. The number of primary amides is 2. The van der Waals surface area contributed by atoms with E-state index < -0.39 is 278 Å². The van der Waals surface area contributed by atoms with Gasteiger partial charge in [0.1, 0.15) is 84.6 Å². The molecule has 109 heavy (non-hydrogen) atoms. The van der Waals surface area contributed by atoms with Gasteiger partial charge in [-0.3, -0.25) is 86.3 Å². The van der Waals surface area contributed by atoms with Crippen LogP contribution in [0.15, 0.2) is 0 Å². The fourth-order valence-electron chi connectivity index (χ4n) is 11.2. The van der Waals surface area contributed by atoms with Crippen molar-refractivity contribution < 1.29 is 112 Å². The van der Waals surface area contributed by atoms with Gasteiger partial charge in [-0.25, -0.2) is 4.79 Å². The Hall–Kier alpha value is -10.2. The summed E-state index contributed by atoms with van der Waals surface area (Å²) < 4.78 is 0. The molecule has 0 bridgehead atoms. The fourth-order valence-corrected chi connectivity index (χ4v) is 11.2. The van der Waals surface area contributed by atoms with E-state index in [1.807, 2.05) is 10.6 Å². The van der Waals surface area contributed by atoms with Gasteiger partial charge in [0, 0.05) is 13.0 Å². The average molecular weight is 1550 g/mol. The molecule has 1 aliphatic rings. The zero-order chi connectivity index (χ0) is 83.6. The van der Waals surface area contributed by atoms with E-state index in [0.717, 1.165) is 0 Å². The quantitative estimate of drug-likeness (QED) is 0.0252. The molecule has 616 valence electrons. The van der Waals surface area contributed by atoms with Gasteiger partial charge in [-0.15, -0.1) is 0 Å². The summed E-state index contributed by atoms with van der Waals surface area (Å²) in [4.78, 5) is 256. The van der Waals surface area contributed by atoms with Crippen molar-refractivity contribution in [3.8, 4) is 0 Å². The number of nitrogens with one attached hydrogen (secondary N) is 13. The fraction of sp³-hybridized carbons (Fsp3) is 0.721. The Labute approximate surface area is 632 Å². The lowest BCUT2D eigenvalue weighted by molar-refractivity contribution is -0.150. The molecule has 16 amide bonds. The lowest BCUT2D eigenvalue weighted by Gasteiger charge is -2.32. The molecule has 41 nitrogen and oxygen atoms in total. The molecule has 0 aromatic carbocycles. The van der Waals surface area contributed by atoms with Crippen LogP contribution in [-0.2, 0) is 91.1 Å². The summed E-state index contributed by atoms with van der Waals surface area (Å²) >= 11 is 0. The van der Waals surface area contributed by atoms with Crippen molar-refractivity contribution in [1.29, 1.82) is 0 Å². The number of aliphatic hydroxyl groups excluding tert-OH is 1. The summed E-state index contributed by atoms with van der Waals surface area (Å²) in [6.07, 6.45) is -3.41. The third-order valence-corrected chi connectivity index (χ3v) is 18.1. The molecule has 0 aliphatic carbocycles. The first kappa shape index (κ1) is 96.8. The Bertz CT molecular complexity index is 3230. The van der Waals surface area contributed by atoms with Gasteiger partial charge in [0.25, 0.3) is 0 Å². The molecule has 1 rings (SSSR count). The molecule has 25 N–H and O–H groups in total.